The van der Waals surface area contributed by atoms with Crippen LogP contribution in [-0.4, -0.2) is 38.5 Å². The minimum Gasteiger partial charge on any atom is -0.381 e. The summed E-state index contributed by atoms with van der Waals surface area (Å²) in [7, 11) is 0. The van der Waals surface area contributed by atoms with Crippen molar-refractivity contribution in [2.24, 2.45) is 0 Å². The van der Waals surface area contributed by atoms with E-state index in [1.807, 2.05) is 12.1 Å². The van der Waals surface area contributed by atoms with Crippen molar-refractivity contribution in [1.82, 2.24) is 5.32 Å². The minimum absolute atomic E-state index is 0.116. The number of ether oxygens (including phenoxy) is 2. The molecule has 134 valence electrons. The Bertz CT molecular complexity index is 502. The third-order valence-corrected chi connectivity index (χ3v) is 4.14. The van der Waals surface area contributed by atoms with Crippen molar-refractivity contribution in [2.45, 2.75) is 51.6 Å². The number of carbonyl (C=O) groups is 1. The van der Waals surface area contributed by atoms with E-state index in [1.165, 1.54) is 5.56 Å². The molecular formula is C19H30N2O3. The average Bonchev–Trinajstić information content (AvgIpc) is 2.55. The van der Waals surface area contributed by atoms with Crippen molar-refractivity contribution >= 4 is 11.7 Å². The predicted molar refractivity (Wildman–Crippen MR) is 96.6 cm³/mol. The van der Waals surface area contributed by atoms with Crippen LogP contribution in [0, 0.1) is 0 Å². The molecule has 0 aromatic heterocycles. The average molecular weight is 334 g/mol. The second-order valence-corrected chi connectivity index (χ2v) is 7.24. The van der Waals surface area contributed by atoms with E-state index in [0.717, 1.165) is 38.2 Å². The van der Waals surface area contributed by atoms with Crippen LogP contribution in [0.25, 0.3) is 0 Å². The van der Waals surface area contributed by atoms with Gasteiger partial charge >= 0.3 is 6.03 Å². The molecule has 0 spiro atoms. The number of hydrogen-bond acceptors (Lipinski definition) is 3. The van der Waals surface area contributed by atoms with Crippen molar-refractivity contribution < 1.29 is 14.3 Å². The Labute approximate surface area is 145 Å². The lowest BCUT2D eigenvalue weighted by atomic mass is 9.87. The standard InChI is InChI=1S/C19H30N2O3/c1-19(2,3)15-5-7-16(8-6-15)21-18(22)20-11-4-12-24-17-9-13-23-14-10-17/h5-8,17H,4,9-14H2,1-3H3,(H2,20,21,22). The summed E-state index contributed by atoms with van der Waals surface area (Å²) in [5, 5.41) is 5.71. The number of nitrogens with one attached hydrogen (secondary N) is 2. The van der Waals surface area contributed by atoms with Gasteiger partial charge in [-0.3, -0.25) is 0 Å². The molecule has 0 aliphatic carbocycles. The Kier molecular flexibility index (Phi) is 7.06. The largest absolute Gasteiger partial charge is 0.381 e. The van der Waals surface area contributed by atoms with Crippen molar-refractivity contribution in [2.75, 3.05) is 31.7 Å². The Balaban J connectivity index is 1.61. The Hall–Kier alpha value is -1.59. The molecule has 1 aromatic carbocycles. The first-order valence-corrected chi connectivity index (χ1v) is 8.80. The van der Waals surface area contributed by atoms with Crippen LogP contribution in [0.5, 0.6) is 0 Å². The summed E-state index contributed by atoms with van der Waals surface area (Å²) in [5.41, 5.74) is 2.17. The summed E-state index contributed by atoms with van der Waals surface area (Å²) in [6.07, 6.45) is 3.07. The van der Waals surface area contributed by atoms with E-state index in [-0.39, 0.29) is 11.4 Å². The summed E-state index contributed by atoms with van der Waals surface area (Å²) < 4.78 is 11.1. The van der Waals surface area contributed by atoms with Gasteiger partial charge in [0.15, 0.2) is 0 Å². The van der Waals surface area contributed by atoms with Crippen molar-refractivity contribution in [3.05, 3.63) is 29.8 Å². The third-order valence-electron chi connectivity index (χ3n) is 4.14. The highest BCUT2D eigenvalue weighted by Crippen LogP contribution is 2.23. The smallest absolute Gasteiger partial charge is 0.319 e. The van der Waals surface area contributed by atoms with Gasteiger partial charge in [0.2, 0.25) is 0 Å². The van der Waals surface area contributed by atoms with Crippen LogP contribution in [0.4, 0.5) is 10.5 Å². The summed E-state index contributed by atoms with van der Waals surface area (Å²) in [6, 6.07) is 7.81. The lowest BCUT2D eigenvalue weighted by Crippen LogP contribution is -2.30. The van der Waals surface area contributed by atoms with Gasteiger partial charge in [0.25, 0.3) is 0 Å². The van der Waals surface area contributed by atoms with Gasteiger partial charge in [-0.2, -0.15) is 0 Å². The summed E-state index contributed by atoms with van der Waals surface area (Å²) in [6.45, 7) is 9.37. The molecule has 1 aliphatic heterocycles. The summed E-state index contributed by atoms with van der Waals surface area (Å²) >= 11 is 0. The van der Waals surface area contributed by atoms with Gasteiger partial charge in [-0.25, -0.2) is 4.79 Å². The fourth-order valence-electron chi connectivity index (χ4n) is 2.60. The first-order valence-electron chi connectivity index (χ1n) is 8.80. The Morgan fingerprint density at radius 3 is 2.50 bits per heavy atom. The van der Waals surface area contributed by atoms with Gasteiger partial charge in [-0.1, -0.05) is 32.9 Å². The van der Waals surface area contributed by atoms with Crippen LogP contribution in [0.1, 0.15) is 45.6 Å². The molecule has 5 nitrogen and oxygen atoms in total. The molecule has 1 aromatic rings. The molecule has 2 rings (SSSR count). The molecule has 0 bridgehead atoms. The number of rotatable bonds is 6. The van der Waals surface area contributed by atoms with Gasteiger partial charge in [0.05, 0.1) is 6.10 Å². The van der Waals surface area contributed by atoms with E-state index in [2.05, 4.69) is 43.5 Å². The van der Waals surface area contributed by atoms with Crippen LogP contribution in [0.3, 0.4) is 0 Å². The van der Waals surface area contributed by atoms with E-state index in [1.54, 1.807) is 0 Å². The first kappa shape index (κ1) is 18.7. The lowest BCUT2D eigenvalue weighted by molar-refractivity contribution is -0.0320. The second kappa shape index (κ2) is 9.04. The molecule has 2 amide bonds. The molecule has 0 unspecified atom stereocenters. The Morgan fingerprint density at radius 1 is 1.21 bits per heavy atom. The van der Waals surface area contributed by atoms with E-state index in [9.17, 15) is 4.79 Å². The molecular weight excluding hydrogens is 304 g/mol. The monoisotopic (exact) mass is 334 g/mol. The van der Waals surface area contributed by atoms with Crippen LogP contribution in [0.2, 0.25) is 0 Å². The highest BCUT2D eigenvalue weighted by Gasteiger charge is 2.14. The molecule has 0 saturated carbocycles. The maximum Gasteiger partial charge on any atom is 0.319 e. The number of amides is 2. The highest BCUT2D eigenvalue weighted by molar-refractivity contribution is 5.89. The highest BCUT2D eigenvalue weighted by atomic mass is 16.5. The van der Waals surface area contributed by atoms with Gasteiger partial charge in [0.1, 0.15) is 0 Å². The molecule has 0 atom stereocenters. The van der Waals surface area contributed by atoms with Crippen molar-refractivity contribution in [1.29, 1.82) is 0 Å². The second-order valence-electron chi connectivity index (χ2n) is 7.24. The number of hydrogen-bond donors (Lipinski definition) is 2. The van der Waals surface area contributed by atoms with Gasteiger partial charge in [-0.15, -0.1) is 0 Å². The molecule has 5 heteroatoms. The van der Waals surface area contributed by atoms with Crippen LogP contribution in [-0.2, 0) is 14.9 Å². The van der Waals surface area contributed by atoms with Gasteiger partial charge in [-0.05, 0) is 42.4 Å². The SMILES string of the molecule is CC(C)(C)c1ccc(NC(=O)NCCCOC2CCOCC2)cc1. The van der Waals surface area contributed by atoms with Crippen LogP contribution in [0.15, 0.2) is 24.3 Å². The summed E-state index contributed by atoms with van der Waals surface area (Å²) in [5.74, 6) is 0. The lowest BCUT2D eigenvalue weighted by Gasteiger charge is -2.22. The van der Waals surface area contributed by atoms with Crippen molar-refractivity contribution in [3.8, 4) is 0 Å². The zero-order valence-electron chi connectivity index (χ0n) is 15.1. The molecule has 1 fully saturated rings. The van der Waals surface area contributed by atoms with Crippen molar-refractivity contribution in [3.63, 3.8) is 0 Å². The van der Waals surface area contributed by atoms with Crippen LogP contribution < -0.4 is 10.6 Å². The van der Waals surface area contributed by atoms with E-state index < -0.39 is 0 Å². The zero-order valence-corrected chi connectivity index (χ0v) is 15.1. The quantitative estimate of drug-likeness (QED) is 0.780. The number of benzene rings is 1. The third kappa shape index (κ3) is 6.49. The maximum atomic E-state index is 11.9. The molecule has 0 radical (unpaired) electrons. The molecule has 1 saturated heterocycles. The normalized spacial score (nSPS) is 16.0. The minimum atomic E-state index is -0.176. The molecule has 1 heterocycles. The topological polar surface area (TPSA) is 59.6 Å². The Morgan fingerprint density at radius 2 is 1.88 bits per heavy atom. The fraction of sp³-hybridized carbons (Fsp3) is 0.632. The molecule has 2 N–H and O–H groups in total. The first-order chi connectivity index (χ1) is 11.4. The summed E-state index contributed by atoms with van der Waals surface area (Å²) in [4.78, 5) is 11.9. The zero-order chi connectivity index (χ0) is 17.4. The number of urea groups is 1. The van der Waals surface area contributed by atoms with Gasteiger partial charge in [0, 0.05) is 32.1 Å². The van der Waals surface area contributed by atoms with E-state index >= 15 is 0 Å². The number of carbonyl (C=O) groups excluding carboxylic acids is 1. The van der Waals surface area contributed by atoms with Crippen LogP contribution >= 0.6 is 0 Å². The maximum absolute atomic E-state index is 11.9. The number of anilines is 1. The molecule has 1 aliphatic rings. The van der Waals surface area contributed by atoms with Gasteiger partial charge < -0.3 is 20.1 Å². The predicted octanol–water partition coefficient (Wildman–Crippen LogP) is 3.69. The van der Waals surface area contributed by atoms with E-state index in [0.29, 0.717) is 19.3 Å². The molecule has 24 heavy (non-hydrogen) atoms. The van der Waals surface area contributed by atoms with E-state index in [4.69, 9.17) is 9.47 Å². The fourth-order valence-corrected chi connectivity index (χ4v) is 2.60.